The molecule has 20 heavy (non-hydrogen) atoms. The van der Waals surface area contributed by atoms with Crippen molar-refractivity contribution in [3.05, 3.63) is 16.8 Å². The molecular formula is C13H15N3O3S. The number of rotatable bonds is 0. The van der Waals surface area contributed by atoms with Gasteiger partial charge in [0.05, 0.1) is 18.5 Å². The van der Waals surface area contributed by atoms with E-state index in [9.17, 15) is 9.90 Å². The molecule has 3 heterocycles. The Morgan fingerprint density at radius 3 is 2.85 bits per heavy atom. The summed E-state index contributed by atoms with van der Waals surface area (Å²) in [7, 11) is 0. The van der Waals surface area contributed by atoms with E-state index in [4.69, 9.17) is 4.74 Å². The number of aromatic hydroxyl groups is 1. The first kappa shape index (κ1) is 13.1. The Kier molecular flexibility index (Phi) is 2.82. The van der Waals surface area contributed by atoms with Gasteiger partial charge < -0.3 is 9.84 Å². The van der Waals surface area contributed by atoms with Crippen LogP contribution < -0.4 is 0 Å². The van der Waals surface area contributed by atoms with Gasteiger partial charge in [0, 0.05) is 10.4 Å². The number of carbonyl (C=O) groups excluding carboxylic acids is 1. The number of fused-ring (bicyclic) bond motifs is 3. The molecule has 0 radical (unpaired) electrons. The van der Waals surface area contributed by atoms with Gasteiger partial charge in [0.15, 0.2) is 0 Å². The molecule has 0 bridgehead atoms. The molecular weight excluding hydrogens is 278 g/mol. The summed E-state index contributed by atoms with van der Waals surface area (Å²) in [5.74, 6) is -0.0291. The highest BCUT2D eigenvalue weighted by molar-refractivity contribution is 7.18. The van der Waals surface area contributed by atoms with E-state index in [1.807, 2.05) is 20.8 Å². The van der Waals surface area contributed by atoms with E-state index in [2.05, 4.69) is 9.97 Å². The van der Waals surface area contributed by atoms with Crippen LogP contribution in [0.15, 0.2) is 6.33 Å². The highest BCUT2D eigenvalue weighted by Gasteiger charge is 2.31. The minimum absolute atomic E-state index is 0.0291. The summed E-state index contributed by atoms with van der Waals surface area (Å²) in [5.41, 5.74) is 0.411. The molecule has 1 amide bonds. The van der Waals surface area contributed by atoms with Gasteiger partial charge in [0.1, 0.15) is 16.8 Å². The Bertz CT molecular complexity index is 690. The van der Waals surface area contributed by atoms with E-state index in [0.717, 1.165) is 15.3 Å². The van der Waals surface area contributed by atoms with Crippen LogP contribution in [0.5, 0.6) is 5.88 Å². The number of ether oxygens (including phenoxy) is 1. The van der Waals surface area contributed by atoms with Crippen LogP contribution in [0.3, 0.4) is 0 Å². The van der Waals surface area contributed by atoms with Crippen LogP contribution in [0, 0.1) is 0 Å². The smallest absolute Gasteiger partial charge is 0.410 e. The maximum Gasteiger partial charge on any atom is 0.410 e. The lowest BCUT2D eigenvalue weighted by molar-refractivity contribution is 0.0243. The van der Waals surface area contributed by atoms with E-state index in [1.165, 1.54) is 17.7 Å². The molecule has 7 heteroatoms. The maximum atomic E-state index is 12.1. The number of thiophene rings is 1. The quantitative estimate of drug-likeness (QED) is 0.808. The SMILES string of the molecule is CC(C)(C)OC(=O)N1Cc2sc3ncnc(O)c3c2C1. The second kappa shape index (κ2) is 4.31. The van der Waals surface area contributed by atoms with Gasteiger partial charge in [-0.1, -0.05) is 0 Å². The fourth-order valence-corrected chi connectivity index (χ4v) is 3.35. The van der Waals surface area contributed by atoms with Crippen molar-refractivity contribution in [3.8, 4) is 5.88 Å². The Morgan fingerprint density at radius 1 is 1.40 bits per heavy atom. The standard InChI is InChI=1S/C13H15N3O3S/c1-13(2,3)19-12(18)16-4-7-8(5-16)20-11-9(7)10(17)14-6-15-11/h6H,4-5H2,1-3H3,(H,14,15,17). The molecule has 1 aliphatic heterocycles. The predicted octanol–water partition coefficient (Wildman–Crippen LogP) is 2.65. The molecule has 2 aromatic heterocycles. The van der Waals surface area contributed by atoms with Gasteiger partial charge in [-0.3, -0.25) is 4.90 Å². The molecule has 0 aromatic carbocycles. The lowest BCUT2D eigenvalue weighted by Crippen LogP contribution is -2.33. The van der Waals surface area contributed by atoms with Crippen molar-refractivity contribution in [1.82, 2.24) is 14.9 Å². The predicted molar refractivity (Wildman–Crippen MR) is 74.6 cm³/mol. The highest BCUT2D eigenvalue weighted by atomic mass is 32.1. The lowest BCUT2D eigenvalue weighted by atomic mass is 10.2. The lowest BCUT2D eigenvalue weighted by Gasteiger charge is -2.24. The van der Waals surface area contributed by atoms with Crippen LogP contribution in [0.1, 0.15) is 31.2 Å². The molecule has 2 aromatic rings. The maximum absolute atomic E-state index is 12.1. The molecule has 0 saturated heterocycles. The number of hydrogen-bond acceptors (Lipinski definition) is 6. The van der Waals surface area contributed by atoms with Gasteiger partial charge in [0.2, 0.25) is 5.88 Å². The summed E-state index contributed by atoms with van der Waals surface area (Å²) in [5, 5.41) is 10.5. The molecule has 0 aliphatic carbocycles. The third-order valence-electron chi connectivity index (χ3n) is 2.99. The zero-order valence-electron chi connectivity index (χ0n) is 11.5. The summed E-state index contributed by atoms with van der Waals surface area (Å²) in [6, 6.07) is 0. The Hall–Kier alpha value is -1.89. The zero-order chi connectivity index (χ0) is 14.5. The fourth-order valence-electron chi connectivity index (χ4n) is 2.19. The number of hydrogen-bond donors (Lipinski definition) is 1. The Balaban J connectivity index is 1.88. The molecule has 0 spiro atoms. The topological polar surface area (TPSA) is 75.5 Å². The van der Waals surface area contributed by atoms with E-state index in [1.54, 1.807) is 4.90 Å². The van der Waals surface area contributed by atoms with Crippen LogP contribution in [-0.4, -0.2) is 31.7 Å². The van der Waals surface area contributed by atoms with Crippen molar-refractivity contribution in [2.24, 2.45) is 0 Å². The van der Waals surface area contributed by atoms with Crippen molar-refractivity contribution in [2.45, 2.75) is 39.5 Å². The molecule has 0 atom stereocenters. The molecule has 0 saturated carbocycles. The molecule has 106 valence electrons. The number of nitrogens with zero attached hydrogens (tertiary/aromatic N) is 3. The van der Waals surface area contributed by atoms with Crippen molar-refractivity contribution >= 4 is 27.6 Å². The van der Waals surface area contributed by atoms with Crippen molar-refractivity contribution in [3.63, 3.8) is 0 Å². The highest BCUT2D eigenvalue weighted by Crippen LogP contribution is 2.39. The van der Waals surface area contributed by atoms with Crippen LogP contribution in [0.25, 0.3) is 10.2 Å². The molecule has 3 rings (SSSR count). The second-order valence-corrected chi connectivity index (χ2v) is 6.80. The zero-order valence-corrected chi connectivity index (χ0v) is 12.3. The molecule has 1 N–H and O–H groups in total. The molecule has 0 fully saturated rings. The van der Waals surface area contributed by atoms with Crippen molar-refractivity contribution < 1.29 is 14.6 Å². The third-order valence-corrected chi connectivity index (χ3v) is 4.11. The van der Waals surface area contributed by atoms with Gasteiger partial charge >= 0.3 is 6.09 Å². The fraction of sp³-hybridized carbons (Fsp3) is 0.462. The second-order valence-electron chi connectivity index (χ2n) is 5.72. The van der Waals surface area contributed by atoms with Crippen molar-refractivity contribution in [1.29, 1.82) is 0 Å². The largest absolute Gasteiger partial charge is 0.493 e. The minimum atomic E-state index is -0.513. The van der Waals surface area contributed by atoms with Crippen LogP contribution in [0.2, 0.25) is 0 Å². The first-order valence-corrected chi connectivity index (χ1v) is 7.09. The number of aromatic nitrogens is 2. The van der Waals surface area contributed by atoms with Crippen LogP contribution in [-0.2, 0) is 17.8 Å². The van der Waals surface area contributed by atoms with Gasteiger partial charge in [-0.15, -0.1) is 11.3 Å². The summed E-state index contributed by atoms with van der Waals surface area (Å²) < 4.78 is 5.36. The molecule has 1 aliphatic rings. The van der Waals surface area contributed by atoms with Crippen LogP contribution in [0.4, 0.5) is 4.79 Å². The van der Waals surface area contributed by atoms with Crippen LogP contribution >= 0.6 is 11.3 Å². The monoisotopic (exact) mass is 293 g/mol. The summed E-state index contributed by atoms with van der Waals surface area (Å²) >= 11 is 1.48. The van der Waals surface area contributed by atoms with Gasteiger partial charge in [-0.2, -0.15) is 0 Å². The van der Waals surface area contributed by atoms with Crippen molar-refractivity contribution in [2.75, 3.05) is 0 Å². The Labute approximate surface area is 120 Å². The first-order chi connectivity index (χ1) is 9.35. The van der Waals surface area contributed by atoms with Gasteiger partial charge in [0.25, 0.3) is 0 Å². The number of amides is 1. The normalized spacial score (nSPS) is 14.7. The molecule has 6 nitrogen and oxygen atoms in total. The summed E-state index contributed by atoms with van der Waals surface area (Å²) in [4.78, 5) is 23.4. The summed E-state index contributed by atoms with van der Waals surface area (Å²) in [6.45, 7) is 6.43. The number of carbonyl (C=O) groups is 1. The van der Waals surface area contributed by atoms with E-state index >= 15 is 0 Å². The average molecular weight is 293 g/mol. The summed E-state index contributed by atoms with van der Waals surface area (Å²) in [6.07, 6.45) is 1.000. The molecule has 0 unspecified atom stereocenters. The van der Waals surface area contributed by atoms with E-state index in [0.29, 0.717) is 18.5 Å². The van der Waals surface area contributed by atoms with Gasteiger partial charge in [-0.25, -0.2) is 14.8 Å². The third kappa shape index (κ3) is 2.18. The van der Waals surface area contributed by atoms with E-state index < -0.39 is 5.60 Å². The van der Waals surface area contributed by atoms with Gasteiger partial charge in [-0.05, 0) is 20.8 Å². The minimum Gasteiger partial charge on any atom is -0.493 e. The average Bonchev–Trinajstić information content (AvgIpc) is 2.83. The van der Waals surface area contributed by atoms with E-state index in [-0.39, 0.29) is 12.0 Å². The first-order valence-electron chi connectivity index (χ1n) is 6.27. The Morgan fingerprint density at radius 2 is 2.15 bits per heavy atom.